The van der Waals surface area contributed by atoms with Crippen LogP contribution < -0.4 is 10.5 Å². The van der Waals surface area contributed by atoms with E-state index >= 15 is 0 Å². The van der Waals surface area contributed by atoms with Gasteiger partial charge in [-0.25, -0.2) is 8.42 Å². The average Bonchev–Trinajstić information content (AvgIpc) is 2.40. The van der Waals surface area contributed by atoms with E-state index in [1.165, 1.54) is 18.2 Å². The van der Waals surface area contributed by atoms with Crippen molar-refractivity contribution in [1.82, 2.24) is 0 Å². The fourth-order valence-corrected chi connectivity index (χ4v) is 3.72. The van der Waals surface area contributed by atoms with Gasteiger partial charge in [0.15, 0.2) is 0 Å². The third-order valence-electron chi connectivity index (χ3n) is 2.95. The largest absolute Gasteiger partial charge is 0.398 e. The molecule has 0 amide bonds. The van der Waals surface area contributed by atoms with E-state index in [1.54, 1.807) is 12.1 Å². The molecule has 0 aliphatic carbocycles. The Balaban J connectivity index is 2.42. The zero-order valence-corrected chi connectivity index (χ0v) is 14.4. The molecule has 0 spiro atoms. The number of rotatable bonds is 4. The molecule has 0 fully saturated rings. The van der Waals surface area contributed by atoms with Gasteiger partial charge in [-0.3, -0.25) is 4.72 Å². The van der Waals surface area contributed by atoms with Gasteiger partial charge in [0.05, 0.1) is 11.4 Å². The fraction of sp³-hybridized carbons (Fsp3) is 0.143. The van der Waals surface area contributed by atoms with E-state index in [2.05, 4.69) is 20.7 Å². The van der Waals surface area contributed by atoms with Crippen LogP contribution >= 0.6 is 27.5 Å². The Labute approximate surface area is 137 Å². The summed E-state index contributed by atoms with van der Waals surface area (Å²) in [6.07, 6.45) is 0.702. The Morgan fingerprint density at radius 2 is 1.95 bits per heavy atom. The maximum atomic E-state index is 12.4. The summed E-state index contributed by atoms with van der Waals surface area (Å²) in [6.45, 7) is 1.95. The second kappa shape index (κ2) is 6.25. The Hall–Kier alpha value is -1.24. The van der Waals surface area contributed by atoms with Crippen molar-refractivity contribution in [3.63, 3.8) is 0 Å². The number of sulfonamides is 1. The van der Waals surface area contributed by atoms with Crippen molar-refractivity contribution in [3.8, 4) is 0 Å². The van der Waals surface area contributed by atoms with E-state index in [0.29, 0.717) is 17.1 Å². The predicted molar refractivity (Wildman–Crippen MR) is 90.2 cm³/mol. The minimum absolute atomic E-state index is 0.0110. The van der Waals surface area contributed by atoms with Gasteiger partial charge in [-0.15, -0.1) is 0 Å². The van der Waals surface area contributed by atoms with Crippen molar-refractivity contribution in [2.75, 3.05) is 10.5 Å². The topological polar surface area (TPSA) is 72.2 Å². The highest BCUT2D eigenvalue weighted by Crippen LogP contribution is 2.27. The Morgan fingerprint density at radius 1 is 1.24 bits per heavy atom. The molecule has 0 aliphatic heterocycles. The average molecular weight is 390 g/mol. The van der Waals surface area contributed by atoms with Gasteiger partial charge in [-0.05, 0) is 48.4 Å². The number of anilines is 2. The third-order valence-corrected chi connectivity index (χ3v) is 5.12. The Kier molecular flexibility index (Phi) is 4.81. The van der Waals surface area contributed by atoms with E-state index < -0.39 is 10.0 Å². The molecule has 7 heteroatoms. The quantitative estimate of drug-likeness (QED) is 0.775. The summed E-state index contributed by atoms with van der Waals surface area (Å²) in [4.78, 5) is 0.0110. The Bertz CT molecular complexity index is 779. The standard InChI is InChI=1S/C14H14BrClN2O2S/c1-2-9-7-10(15)3-5-13(9)18-21(19,20)14-6-4-11(16)8-12(14)17/h3-8,18H,2,17H2,1H3. The van der Waals surface area contributed by atoms with Crippen molar-refractivity contribution in [2.45, 2.75) is 18.2 Å². The molecule has 2 aromatic carbocycles. The molecule has 0 bridgehead atoms. The Morgan fingerprint density at radius 3 is 2.57 bits per heavy atom. The van der Waals surface area contributed by atoms with Crippen LogP contribution in [0, 0.1) is 0 Å². The molecular weight excluding hydrogens is 376 g/mol. The summed E-state index contributed by atoms with van der Waals surface area (Å²) in [5.41, 5.74) is 7.29. The van der Waals surface area contributed by atoms with E-state index in [9.17, 15) is 8.42 Å². The van der Waals surface area contributed by atoms with Crippen LogP contribution in [0.5, 0.6) is 0 Å². The number of hydrogen-bond donors (Lipinski definition) is 2. The monoisotopic (exact) mass is 388 g/mol. The zero-order valence-electron chi connectivity index (χ0n) is 11.2. The van der Waals surface area contributed by atoms with Crippen LogP contribution in [0.3, 0.4) is 0 Å². The minimum atomic E-state index is -3.76. The number of nitrogen functional groups attached to an aromatic ring is 1. The van der Waals surface area contributed by atoms with Crippen LogP contribution in [0.4, 0.5) is 11.4 Å². The SMILES string of the molecule is CCc1cc(Br)ccc1NS(=O)(=O)c1ccc(Cl)cc1N. The molecular formula is C14H14BrClN2O2S. The summed E-state index contributed by atoms with van der Waals surface area (Å²) in [5.74, 6) is 0. The fourth-order valence-electron chi connectivity index (χ4n) is 1.92. The molecule has 2 rings (SSSR count). The summed E-state index contributed by atoms with van der Waals surface area (Å²) in [6, 6.07) is 9.68. The van der Waals surface area contributed by atoms with E-state index in [4.69, 9.17) is 17.3 Å². The van der Waals surface area contributed by atoms with Gasteiger partial charge in [-0.2, -0.15) is 0 Å². The normalized spacial score (nSPS) is 11.4. The molecule has 0 heterocycles. The molecule has 0 unspecified atom stereocenters. The molecule has 0 saturated carbocycles. The van der Waals surface area contributed by atoms with Gasteiger partial charge in [0, 0.05) is 9.50 Å². The summed E-state index contributed by atoms with van der Waals surface area (Å²) >= 11 is 9.16. The molecule has 4 nitrogen and oxygen atoms in total. The number of nitrogens with one attached hydrogen (secondary N) is 1. The molecule has 21 heavy (non-hydrogen) atoms. The van der Waals surface area contributed by atoms with Gasteiger partial charge < -0.3 is 5.73 Å². The first-order chi connectivity index (χ1) is 9.83. The van der Waals surface area contributed by atoms with Gasteiger partial charge in [0.25, 0.3) is 10.0 Å². The number of benzene rings is 2. The highest BCUT2D eigenvalue weighted by Gasteiger charge is 2.19. The van der Waals surface area contributed by atoms with Gasteiger partial charge in [-0.1, -0.05) is 34.5 Å². The minimum Gasteiger partial charge on any atom is -0.398 e. The maximum absolute atomic E-state index is 12.4. The van der Waals surface area contributed by atoms with E-state index in [1.807, 2.05) is 13.0 Å². The van der Waals surface area contributed by atoms with Crippen molar-refractivity contribution in [3.05, 3.63) is 51.5 Å². The second-order valence-electron chi connectivity index (χ2n) is 4.44. The summed E-state index contributed by atoms with van der Waals surface area (Å²) < 4.78 is 28.3. The van der Waals surface area contributed by atoms with Crippen LogP contribution in [0.2, 0.25) is 5.02 Å². The van der Waals surface area contributed by atoms with Crippen LogP contribution in [-0.2, 0) is 16.4 Å². The highest BCUT2D eigenvalue weighted by molar-refractivity contribution is 9.10. The summed E-state index contributed by atoms with van der Waals surface area (Å²) in [5, 5.41) is 0.393. The molecule has 0 saturated heterocycles. The highest BCUT2D eigenvalue weighted by atomic mass is 79.9. The number of aryl methyl sites for hydroxylation is 1. The molecule has 2 aromatic rings. The van der Waals surface area contributed by atoms with Gasteiger partial charge in [0.2, 0.25) is 0 Å². The smallest absolute Gasteiger partial charge is 0.263 e. The van der Waals surface area contributed by atoms with E-state index in [0.717, 1.165) is 10.0 Å². The second-order valence-corrected chi connectivity index (χ2v) is 7.45. The lowest BCUT2D eigenvalue weighted by Gasteiger charge is -2.13. The number of hydrogen-bond acceptors (Lipinski definition) is 3. The van der Waals surface area contributed by atoms with Gasteiger partial charge in [0.1, 0.15) is 4.90 Å². The van der Waals surface area contributed by atoms with Crippen LogP contribution in [0.1, 0.15) is 12.5 Å². The van der Waals surface area contributed by atoms with Crippen LogP contribution in [0.25, 0.3) is 0 Å². The van der Waals surface area contributed by atoms with Crippen molar-refractivity contribution >= 4 is 48.9 Å². The first-order valence-corrected chi connectivity index (χ1v) is 8.85. The lowest BCUT2D eigenvalue weighted by Crippen LogP contribution is -2.15. The molecule has 3 N–H and O–H groups in total. The molecule has 0 aliphatic rings. The first kappa shape index (κ1) is 16.1. The first-order valence-electron chi connectivity index (χ1n) is 6.19. The van der Waals surface area contributed by atoms with Gasteiger partial charge >= 0.3 is 0 Å². The maximum Gasteiger partial charge on any atom is 0.263 e. The zero-order chi connectivity index (χ0) is 15.6. The van der Waals surface area contributed by atoms with Crippen molar-refractivity contribution in [2.24, 2.45) is 0 Å². The molecule has 112 valence electrons. The lowest BCUT2D eigenvalue weighted by atomic mass is 10.1. The van der Waals surface area contributed by atoms with Crippen LogP contribution in [0.15, 0.2) is 45.8 Å². The summed E-state index contributed by atoms with van der Waals surface area (Å²) in [7, 11) is -3.76. The lowest BCUT2D eigenvalue weighted by molar-refractivity contribution is 0.601. The molecule has 0 atom stereocenters. The van der Waals surface area contributed by atoms with E-state index in [-0.39, 0.29) is 10.6 Å². The molecule has 0 aromatic heterocycles. The van der Waals surface area contributed by atoms with Crippen molar-refractivity contribution < 1.29 is 8.42 Å². The number of nitrogens with two attached hydrogens (primary N) is 1. The number of halogens is 2. The molecule has 0 radical (unpaired) electrons. The predicted octanol–water partition coefficient (Wildman–Crippen LogP) is 4.05. The third kappa shape index (κ3) is 3.70. The van der Waals surface area contributed by atoms with Crippen molar-refractivity contribution in [1.29, 1.82) is 0 Å². The van der Waals surface area contributed by atoms with Crippen LogP contribution in [-0.4, -0.2) is 8.42 Å².